The van der Waals surface area contributed by atoms with Crippen LogP contribution in [0.3, 0.4) is 0 Å². The molecular weight excluding hydrogens is 144 g/mol. The van der Waals surface area contributed by atoms with E-state index >= 15 is 0 Å². The normalized spacial score (nSPS) is 10.3. The Labute approximate surface area is 66.5 Å². The number of aromatic nitrogens is 2. The van der Waals surface area contributed by atoms with Gasteiger partial charge in [0.2, 0.25) is 0 Å². The quantitative estimate of drug-likeness (QED) is 0.624. The lowest BCUT2D eigenvalue weighted by molar-refractivity contribution is 0.989. The van der Waals surface area contributed by atoms with E-state index in [0.29, 0.717) is 0 Å². The number of aryl methyl sites for hydroxylation is 3. The van der Waals surface area contributed by atoms with E-state index in [0.717, 1.165) is 29.4 Å². The van der Waals surface area contributed by atoms with Gasteiger partial charge in [0.25, 0.3) is 0 Å². The van der Waals surface area contributed by atoms with Gasteiger partial charge in [0.1, 0.15) is 5.82 Å². The van der Waals surface area contributed by atoms with Gasteiger partial charge in [-0.1, -0.05) is 0 Å². The van der Waals surface area contributed by atoms with E-state index in [4.69, 9.17) is 0 Å². The van der Waals surface area contributed by atoms with E-state index in [1.807, 2.05) is 13.8 Å². The highest BCUT2D eigenvalue weighted by Crippen LogP contribution is 2.03. The third-order valence-electron chi connectivity index (χ3n) is 1.53. The van der Waals surface area contributed by atoms with Crippen LogP contribution in [0.4, 0.5) is 0 Å². The van der Waals surface area contributed by atoms with Crippen LogP contribution in [0, 0.1) is 13.8 Å². The molecule has 0 atom stereocenters. The second-order valence-electron chi connectivity index (χ2n) is 2.37. The van der Waals surface area contributed by atoms with E-state index in [2.05, 4.69) is 22.6 Å². The van der Waals surface area contributed by atoms with Crippen LogP contribution >= 0.6 is 12.6 Å². The van der Waals surface area contributed by atoms with Crippen LogP contribution in [0.15, 0.2) is 0 Å². The summed E-state index contributed by atoms with van der Waals surface area (Å²) in [5.74, 6) is 1.90. The van der Waals surface area contributed by atoms with E-state index in [1.54, 1.807) is 0 Å². The standard InChI is InChI=1S/C7H12N2S/c1-5-6(2)9-7(8-5)3-4-10/h10H,3-4H2,1-2H3,(H,8,9). The Bertz CT molecular complexity index is 198. The summed E-state index contributed by atoms with van der Waals surface area (Å²) in [7, 11) is 0. The van der Waals surface area contributed by atoms with Gasteiger partial charge in [-0.25, -0.2) is 4.98 Å². The van der Waals surface area contributed by atoms with Crippen LogP contribution in [-0.2, 0) is 6.42 Å². The molecule has 56 valence electrons. The molecule has 2 nitrogen and oxygen atoms in total. The van der Waals surface area contributed by atoms with Crippen LogP contribution in [0.5, 0.6) is 0 Å². The summed E-state index contributed by atoms with van der Waals surface area (Å²) in [6.45, 7) is 4.04. The first-order valence-corrected chi connectivity index (χ1v) is 4.00. The zero-order valence-electron chi connectivity index (χ0n) is 6.31. The third kappa shape index (κ3) is 1.53. The summed E-state index contributed by atoms with van der Waals surface area (Å²) in [6.07, 6.45) is 0.928. The smallest absolute Gasteiger partial charge is 0.107 e. The Morgan fingerprint density at radius 2 is 2.20 bits per heavy atom. The molecule has 1 rings (SSSR count). The highest BCUT2D eigenvalue weighted by atomic mass is 32.1. The molecule has 1 aromatic heterocycles. The molecule has 0 radical (unpaired) electrons. The highest BCUT2D eigenvalue weighted by Gasteiger charge is 1.99. The second kappa shape index (κ2) is 3.10. The average Bonchev–Trinajstić information content (AvgIpc) is 2.14. The minimum atomic E-state index is 0.854. The van der Waals surface area contributed by atoms with Crippen molar-refractivity contribution >= 4 is 12.6 Å². The van der Waals surface area contributed by atoms with Crippen LogP contribution in [-0.4, -0.2) is 15.7 Å². The molecule has 1 heterocycles. The van der Waals surface area contributed by atoms with Gasteiger partial charge >= 0.3 is 0 Å². The summed E-state index contributed by atoms with van der Waals surface area (Å²) in [5.41, 5.74) is 2.26. The summed E-state index contributed by atoms with van der Waals surface area (Å²) in [5, 5.41) is 0. The van der Waals surface area contributed by atoms with Crippen LogP contribution in [0.1, 0.15) is 17.2 Å². The molecule has 0 saturated carbocycles. The third-order valence-corrected chi connectivity index (χ3v) is 1.75. The summed E-state index contributed by atoms with van der Waals surface area (Å²) >= 11 is 4.12. The fraction of sp³-hybridized carbons (Fsp3) is 0.571. The first-order chi connectivity index (χ1) is 4.74. The number of hydrogen-bond donors (Lipinski definition) is 2. The number of hydrogen-bond acceptors (Lipinski definition) is 2. The predicted octanol–water partition coefficient (Wildman–Crippen LogP) is 1.50. The Hall–Kier alpha value is -0.440. The first kappa shape index (κ1) is 7.66. The van der Waals surface area contributed by atoms with Gasteiger partial charge in [0.15, 0.2) is 0 Å². The van der Waals surface area contributed by atoms with Crippen molar-refractivity contribution in [2.24, 2.45) is 0 Å². The first-order valence-electron chi connectivity index (χ1n) is 3.37. The van der Waals surface area contributed by atoms with Gasteiger partial charge in [0, 0.05) is 12.1 Å². The number of nitrogens with one attached hydrogen (secondary N) is 1. The predicted molar refractivity (Wildman–Crippen MR) is 45.6 cm³/mol. The molecule has 0 amide bonds. The molecule has 0 aliphatic rings. The van der Waals surface area contributed by atoms with Crippen molar-refractivity contribution in [3.05, 3.63) is 17.2 Å². The number of H-pyrrole nitrogens is 1. The maximum absolute atomic E-state index is 4.30. The zero-order valence-corrected chi connectivity index (χ0v) is 7.20. The molecule has 0 unspecified atom stereocenters. The monoisotopic (exact) mass is 156 g/mol. The molecule has 1 N–H and O–H groups in total. The fourth-order valence-corrected chi connectivity index (χ4v) is 1.06. The number of nitrogens with zero attached hydrogens (tertiary/aromatic N) is 1. The van der Waals surface area contributed by atoms with Crippen molar-refractivity contribution < 1.29 is 0 Å². The molecule has 3 heteroatoms. The van der Waals surface area contributed by atoms with Crippen molar-refractivity contribution in [1.29, 1.82) is 0 Å². The molecule has 0 spiro atoms. The Morgan fingerprint density at radius 3 is 2.60 bits per heavy atom. The summed E-state index contributed by atoms with van der Waals surface area (Å²) in [4.78, 5) is 7.48. The summed E-state index contributed by atoms with van der Waals surface area (Å²) in [6, 6.07) is 0. The number of aromatic amines is 1. The van der Waals surface area contributed by atoms with Gasteiger partial charge in [-0.15, -0.1) is 0 Å². The summed E-state index contributed by atoms with van der Waals surface area (Å²) < 4.78 is 0. The van der Waals surface area contributed by atoms with Crippen LogP contribution in [0.25, 0.3) is 0 Å². The maximum Gasteiger partial charge on any atom is 0.107 e. The van der Waals surface area contributed by atoms with Crippen molar-refractivity contribution in [3.63, 3.8) is 0 Å². The minimum Gasteiger partial charge on any atom is -0.346 e. The topological polar surface area (TPSA) is 28.7 Å². The van der Waals surface area contributed by atoms with Crippen molar-refractivity contribution in [2.45, 2.75) is 20.3 Å². The van der Waals surface area contributed by atoms with Gasteiger partial charge in [0.05, 0.1) is 5.69 Å². The highest BCUT2D eigenvalue weighted by molar-refractivity contribution is 7.80. The lowest BCUT2D eigenvalue weighted by atomic mass is 10.4. The second-order valence-corrected chi connectivity index (χ2v) is 2.81. The Morgan fingerprint density at radius 1 is 1.50 bits per heavy atom. The van der Waals surface area contributed by atoms with Crippen LogP contribution in [0.2, 0.25) is 0 Å². The maximum atomic E-state index is 4.30. The van der Waals surface area contributed by atoms with Gasteiger partial charge in [-0.2, -0.15) is 12.6 Å². The molecule has 10 heavy (non-hydrogen) atoms. The molecular formula is C7H12N2S. The Balaban J connectivity index is 2.77. The lowest BCUT2D eigenvalue weighted by Crippen LogP contribution is -1.88. The lowest BCUT2D eigenvalue weighted by Gasteiger charge is -1.87. The molecule has 0 aliphatic carbocycles. The molecule has 0 bridgehead atoms. The number of rotatable bonds is 2. The van der Waals surface area contributed by atoms with Crippen molar-refractivity contribution in [3.8, 4) is 0 Å². The fourth-order valence-electron chi connectivity index (χ4n) is 0.845. The van der Waals surface area contributed by atoms with E-state index < -0.39 is 0 Å². The minimum absolute atomic E-state index is 0.854. The van der Waals surface area contributed by atoms with E-state index in [-0.39, 0.29) is 0 Å². The van der Waals surface area contributed by atoms with Crippen molar-refractivity contribution in [1.82, 2.24) is 9.97 Å². The zero-order chi connectivity index (χ0) is 7.56. The number of imidazole rings is 1. The largest absolute Gasteiger partial charge is 0.346 e. The molecule has 0 aliphatic heterocycles. The molecule has 0 aromatic carbocycles. The van der Waals surface area contributed by atoms with Crippen LogP contribution < -0.4 is 0 Å². The Kier molecular flexibility index (Phi) is 2.38. The molecule has 0 fully saturated rings. The van der Waals surface area contributed by atoms with Gasteiger partial charge < -0.3 is 4.98 Å². The molecule has 0 saturated heterocycles. The average molecular weight is 156 g/mol. The number of thiol groups is 1. The van der Waals surface area contributed by atoms with E-state index in [1.165, 1.54) is 0 Å². The van der Waals surface area contributed by atoms with E-state index in [9.17, 15) is 0 Å². The van der Waals surface area contributed by atoms with Gasteiger partial charge in [-0.3, -0.25) is 0 Å². The molecule has 1 aromatic rings. The SMILES string of the molecule is Cc1nc(CCS)[nH]c1C. The van der Waals surface area contributed by atoms with Crippen molar-refractivity contribution in [2.75, 3.05) is 5.75 Å². The van der Waals surface area contributed by atoms with Gasteiger partial charge in [-0.05, 0) is 19.6 Å².